The van der Waals surface area contributed by atoms with Crippen molar-refractivity contribution in [3.63, 3.8) is 0 Å². The van der Waals surface area contributed by atoms with E-state index in [-0.39, 0.29) is 12.4 Å². The Hall–Kier alpha value is -1.43. The number of hydrogen-bond donors (Lipinski definition) is 3. The number of aromatic nitrogens is 2. The van der Waals surface area contributed by atoms with Gasteiger partial charge < -0.3 is 15.7 Å². The van der Waals surface area contributed by atoms with Gasteiger partial charge in [-0.25, -0.2) is 9.37 Å². The maximum absolute atomic E-state index is 13.5. The van der Waals surface area contributed by atoms with Crippen LogP contribution < -0.4 is 10.6 Å². The van der Waals surface area contributed by atoms with Crippen LogP contribution in [0.2, 0.25) is 0 Å². The zero-order valence-corrected chi connectivity index (χ0v) is 11.8. The van der Waals surface area contributed by atoms with Crippen molar-refractivity contribution in [1.82, 2.24) is 9.97 Å². The van der Waals surface area contributed by atoms with E-state index >= 15 is 0 Å². The van der Waals surface area contributed by atoms with Crippen LogP contribution in [-0.2, 0) is 0 Å². The summed E-state index contributed by atoms with van der Waals surface area (Å²) >= 11 is 0. The second-order valence-corrected chi connectivity index (χ2v) is 4.98. The highest BCUT2D eigenvalue weighted by atomic mass is 19.1. The molecule has 0 saturated heterocycles. The molecule has 1 rings (SSSR count). The van der Waals surface area contributed by atoms with E-state index in [1.54, 1.807) is 0 Å². The predicted octanol–water partition coefficient (Wildman–Crippen LogP) is 2.26. The van der Waals surface area contributed by atoms with E-state index in [1.807, 2.05) is 20.8 Å². The van der Waals surface area contributed by atoms with Crippen LogP contribution in [0, 0.1) is 11.7 Å². The van der Waals surface area contributed by atoms with E-state index in [1.165, 1.54) is 0 Å². The number of anilines is 2. The third-order valence-corrected chi connectivity index (χ3v) is 2.53. The average Bonchev–Trinajstić information content (AvgIpc) is 2.35. The van der Waals surface area contributed by atoms with Crippen molar-refractivity contribution in [2.45, 2.75) is 39.7 Å². The maximum atomic E-state index is 13.5. The second kappa shape index (κ2) is 7.89. The lowest BCUT2D eigenvalue weighted by Gasteiger charge is -2.15. The fourth-order valence-electron chi connectivity index (χ4n) is 1.66. The summed E-state index contributed by atoms with van der Waals surface area (Å²) in [7, 11) is 0. The van der Waals surface area contributed by atoms with Crippen molar-refractivity contribution < 1.29 is 9.50 Å². The lowest BCUT2D eigenvalue weighted by atomic mass is 10.1. The van der Waals surface area contributed by atoms with Crippen molar-refractivity contribution in [2.75, 3.05) is 23.7 Å². The molecule has 0 bridgehead atoms. The van der Waals surface area contributed by atoms with E-state index in [2.05, 4.69) is 20.6 Å². The molecule has 0 spiro atoms. The van der Waals surface area contributed by atoms with Crippen LogP contribution >= 0.6 is 0 Å². The summed E-state index contributed by atoms with van der Waals surface area (Å²) in [5.41, 5.74) is 0. The normalized spacial score (nSPS) is 12.5. The number of hydrogen-bond acceptors (Lipinski definition) is 5. The highest BCUT2D eigenvalue weighted by Crippen LogP contribution is 2.13. The van der Waals surface area contributed by atoms with Crippen LogP contribution in [0.15, 0.2) is 6.20 Å². The summed E-state index contributed by atoms with van der Waals surface area (Å²) < 4.78 is 13.5. The minimum atomic E-state index is -0.515. The Labute approximate surface area is 113 Å². The number of nitrogens with zero attached hydrogens (tertiary/aromatic N) is 2. The van der Waals surface area contributed by atoms with E-state index in [0.29, 0.717) is 18.3 Å². The highest BCUT2D eigenvalue weighted by molar-refractivity contribution is 5.41. The quantitative estimate of drug-likeness (QED) is 0.676. The van der Waals surface area contributed by atoms with Crippen LogP contribution in [-0.4, -0.2) is 34.3 Å². The van der Waals surface area contributed by atoms with Gasteiger partial charge in [0.15, 0.2) is 11.6 Å². The Morgan fingerprint density at radius 1 is 1.37 bits per heavy atom. The van der Waals surface area contributed by atoms with Gasteiger partial charge in [-0.15, -0.1) is 0 Å². The summed E-state index contributed by atoms with van der Waals surface area (Å²) in [6.45, 7) is 7.10. The summed E-state index contributed by atoms with van der Waals surface area (Å²) in [6, 6.07) is 0. The van der Waals surface area contributed by atoms with Gasteiger partial charge in [-0.2, -0.15) is 4.98 Å². The fourth-order valence-corrected chi connectivity index (χ4v) is 1.66. The van der Waals surface area contributed by atoms with Gasteiger partial charge in [-0.1, -0.05) is 20.8 Å². The molecular formula is C13H23FN4O. The summed E-state index contributed by atoms with van der Waals surface area (Å²) in [6.07, 6.45) is 2.22. The molecule has 1 atom stereocenters. The zero-order valence-electron chi connectivity index (χ0n) is 11.8. The van der Waals surface area contributed by atoms with Gasteiger partial charge in [0.2, 0.25) is 5.95 Å². The molecule has 6 heteroatoms. The molecule has 0 aliphatic carbocycles. The van der Waals surface area contributed by atoms with Crippen LogP contribution in [0.3, 0.4) is 0 Å². The Balaban J connectivity index is 2.56. The van der Waals surface area contributed by atoms with E-state index < -0.39 is 11.9 Å². The van der Waals surface area contributed by atoms with Crippen molar-refractivity contribution >= 4 is 11.8 Å². The first-order valence-corrected chi connectivity index (χ1v) is 6.71. The van der Waals surface area contributed by atoms with Gasteiger partial charge in [-0.05, 0) is 18.8 Å². The van der Waals surface area contributed by atoms with Crippen molar-refractivity contribution in [3.05, 3.63) is 12.0 Å². The minimum absolute atomic E-state index is 0.122. The molecule has 1 heterocycles. The molecule has 1 aromatic rings. The van der Waals surface area contributed by atoms with Crippen molar-refractivity contribution in [1.29, 1.82) is 0 Å². The van der Waals surface area contributed by atoms with Gasteiger partial charge in [0.05, 0.1) is 12.3 Å². The van der Waals surface area contributed by atoms with E-state index in [0.717, 1.165) is 19.2 Å². The number of nitrogens with one attached hydrogen (secondary N) is 2. The Morgan fingerprint density at radius 2 is 2.11 bits per heavy atom. The van der Waals surface area contributed by atoms with Crippen molar-refractivity contribution in [3.8, 4) is 0 Å². The van der Waals surface area contributed by atoms with Crippen LogP contribution in [0.4, 0.5) is 16.2 Å². The molecular weight excluding hydrogens is 247 g/mol. The molecule has 0 aromatic carbocycles. The van der Waals surface area contributed by atoms with Gasteiger partial charge in [0.1, 0.15) is 0 Å². The smallest absolute Gasteiger partial charge is 0.224 e. The first kappa shape index (κ1) is 15.6. The van der Waals surface area contributed by atoms with Gasteiger partial charge in [-0.3, -0.25) is 0 Å². The lowest BCUT2D eigenvalue weighted by molar-refractivity contribution is 0.161. The standard InChI is InChI=1S/C13H23FN4O/c1-4-5-15-13-17-8-11(14)12(18-13)16-7-10(19)6-9(2)3/h8-10,19H,4-7H2,1-3H3,(H2,15,16,17,18). The SMILES string of the molecule is CCCNc1ncc(F)c(NCC(O)CC(C)C)n1. The molecule has 0 aliphatic rings. The number of aliphatic hydroxyl groups is 1. The van der Waals surface area contributed by atoms with Crippen molar-refractivity contribution in [2.24, 2.45) is 5.92 Å². The highest BCUT2D eigenvalue weighted by Gasteiger charge is 2.10. The minimum Gasteiger partial charge on any atom is -0.391 e. The molecule has 5 nitrogen and oxygen atoms in total. The molecule has 0 radical (unpaired) electrons. The molecule has 0 saturated carbocycles. The molecule has 1 unspecified atom stereocenters. The van der Waals surface area contributed by atoms with Crippen LogP contribution in [0.5, 0.6) is 0 Å². The first-order chi connectivity index (χ1) is 9.02. The second-order valence-electron chi connectivity index (χ2n) is 4.98. The van der Waals surface area contributed by atoms with E-state index in [4.69, 9.17) is 0 Å². The fraction of sp³-hybridized carbons (Fsp3) is 0.692. The Morgan fingerprint density at radius 3 is 2.74 bits per heavy atom. The Kier molecular flexibility index (Phi) is 6.49. The molecule has 0 fully saturated rings. The summed E-state index contributed by atoms with van der Waals surface area (Å²) in [5.74, 6) is 0.396. The van der Waals surface area contributed by atoms with E-state index in [9.17, 15) is 9.50 Å². The monoisotopic (exact) mass is 270 g/mol. The van der Waals surface area contributed by atoms with Gasteiger partial charge >= 0.3 is 0 Å². The van der Waals surface area contributed by atoms with Gasteiger partial charge in [0, 0.05) is 13.1 Å². The maximum Gasteiger partial charge on any atom is 0.224 e. The first-order valence-electron chi connectivity index (χ1n) is 6.71. The topological polar surface area (TPSA) is 70.1 Å². The summed E-state index contributed by atoms with van der Waals surface area (Å²) in [5, 5.41) is 15.5. The number of aliphatic hydroxyl groups excluding tert-OH is 1. The third kappa shape index (κ3) is 5.83. The molecule has 19 heavy (non-hydrogen) atoms. The largest absolute Gasteiger partial charge is 0.391 e. The summed E-state index contributed by atoms with van der Waals surface area (Å²) in [4.78, 5) is 7.89. The average molecular weight is 270 g/mol. The molecule has 0 aliphatic heterocycles. The molecule has 1 aromatic heterocycles. The van der Waals surface area contributed by atoms with Gasteiger partial charge in [0.25, 0.3) is 0 Å². The van der Waals surface area contributed by atoms with Crippen LogP contribution in [0.1, 0.15) is 33.6 Å². The predicted molar refractivity (Wildman–Crippen MR) is 74.7 cm³/mol. The van der Waals surface area contributed by atoms with Crippen LogP contribution in [0.25, 0.3) is 0 Å². The number of rotatable bonds is 8. The third-order valence-electron chi connectivity index (χ3n) is 2.53. The number of halogens is 1. The Bertz CT molecular complexity index is 387. The molecule has 108 valence electrons. The lowest BCUT2D eigenvalue weighted by Crippen LogP contribution is -2.22. The zero-order chi connectivity index (χ0) is 14.3. The molecule has 3 N–H and O–H groups in total. The molecule has 0 amide bonds.